The van der Waals surface area contributed by atoms with Gasteiger partial charge in [0.25, 0.3) is 0 Å². The van der Waals surface area contributed by atoms with E-state index >= 15 is 0 Å². The quantitative estimate of drug-likeness (QED) is 0.701. The smallest absolute Gasteiger partial charge is 0.323 e. The van der Waals surface area contributed by atoms with Gasteiger partial charge in [-0.1, -0.05) is 12.1 Å². The van der Waals surface area contributed by atoms with E-state index in [4.69, 9.17) is 4.74 Å². The molecule has 0 saturated carbocycles. The molecule has 0 atom stereocenters. The fourth-order valence-corrected chi connectivity index (χ4v) is 3.76. The van der Waals surface area contributed by atoms with E-state index in [-0.39, 0.29) is 11.5 Å². The number of aromatic amines is 2. The summed E-state index contributed by atoms with van der Waals surface area (Å²) in [7, 11) is 0. The van der Waals surface area contributed by atoms with Crippen LogP contribution in [0.5, 0.6) is 5.75 Å². The SMILES string of the molecule is O=c1[nH]c2ccc(OCCN3CCC(Cc4ccc(F)cc4)CC3)cc2[nH]1. The molecule has 27 heavy (non-hydrogen) atoms. The van der Waals surface area contributed by atoms with E-state index in [0.29, 0.717) is 12.5 Å². The Morgan fingerprint density at radius 2 is 1.78 bits per heavy atom. The van der Waals surface area contributed by atoms with Crippen LogP contribution in [0.25, 0.3) is 11.0 Å². The number of halogens is 1. The van der Waals surface area contributed by atoms with Gasteiger partial charge in [-0.05, 0) is 68.1 Å². The predicted octanol–water partition coefficient (Wildman–Crippen LogP) is 3.33. The first-order chi connectivity index (χ1) is 13.2. The van der Waals surface area contributed by atoms with Crippen molar-refractivity contribution in [3.8, 4) is 5.75 Å². The number of nitrogens with zero attached hydrogens (tertiary/aromatic N) is 1. The van der Waals surface area contributed by atoms with Crippen LogP contribution in [0.2, 0.25) is 0 Å². The molecule has 1 aliphatic heterocycles. The number of ether oxygens (including phenoxy) is 1. The largest absolute Gasteiger partial charge is 0.492 e. The number of rotatable bonds is 6. The van der Waals surface area contributed by atoms with Gasteiger partial charge in [-0.2, -0.15) is 0 Å². The van der Waals surface area contributed by atoms with E-state index in [1.807, 2.05) is 30.3 Å². The summed E-state index contributed by atoms with van der Waals surface area (Å²) in [6.07, 6.45) is 3.35. The van der Waals surface area contributed by atoms with E-state index in [2.05, 4.69) is 14.9 Å². The van der Waals surface area contributed by atoms with Crippen molar-refractivity contribution in [2.24, 2.45) is 5.92 Å². The fraction of sp³-hybridized carbons (Fsp3) is 0.381. The molecule has 1 fully saturated rings. The number of fused-ring (bicyclic) bond motifs is 1. The third-order valence-corrected chi connectivity index (χ3v) is 5.31. The minimum atomic E-state index is -0.203. The van der Waals surface area contributed by atoms with Crippen molar-refractivity contribution in [1.82, 2.24) is 14.9 Å². The summed E-state index contributed by atoms with van der Waals surface area (Å²) in [6.45, 7) is 3.66. The van der Waals surface area contributed by atoms with Crippen LogP contribution >= 0.6 is 0 Å². The molecule has 2 heterocycles. The molecule has 0 amide bonds. The van der Waals surface area contributed by atoms with Crippen molar-refractivity contribution < 1.29 is 9.13 Å². The average molecular weight is 369 g/mol. The molecule has 0 aliphatic carbocycles. The number of aromatic nitrogens is 2. The molecule has 6 heteroatoms. The molecule has 1 aromatic heterocycles. The molecule has 2 aromatic carbocycles. The summed E-state index contributed by atoms with van der Waals surface area (Å²) < 4.78 is 18.8. The van der Waals surface area contributed by atoms with Crippen molar-refractivity contribution >= 4 is 11.0 Å². The summed E-state index contributed by atoms with van der Waals surface area (Å²) in [5.41, 5.74) is 2.57. The number of piperidine rings is 1. The second kappa shape index (κ2) is 7.96. The number of likely N-dealkylation sites (tertiary alicyclic amines) is 1. The lowest BCUT2D eigenvalue weighted by Crippen LogP contribution is -2.37. The molecule has 3 aromatic rings. The Hall–Kier alpha value is -2.60. The number of H-pyrrole nitrogens is 2. The van der Waals surface area contributed by atoms with Gasteiger partial charge in [0, 0.05) is 12.6 Å². The standard InChI is InChI=1S/C21H24FN3O2/c22-17-3-1-15(2-4-17)13-16-7-9-25(10-8-16)11-12-27-18-5-6-19-20(14-18)24-21(26)23-19/h1-6,14,16H,7-13H2,(H2,23,24,26). The maximum atomic E-state index is 13.0. The van der Waals surface area contributed by atoms with E-state index in [9.17, 15) is 9.18 Å². The number of imidazole rings is 1. The third kappa shape index (κ3) is 4.57. The summed E-state index contributed by atoms with van der Waals surface area (Å²) in [5, 5.41) is 0. The molecule has 0 bridgehead atoms. The first kappa shape index (κ1) is 17.8. The number of nitrogens with one attached hydrogen (secondary N) is 2. The van der Waals surface area contributed by atoms with Gasteiger partial charge in [-0.25, -0.2) is 9.18 Å². The number of hydrogen-bond acceptors (Lipinski definition) is 3. The van der Waals surface area contributed by atoms with Gasteiger partial charge < -0.3 is 14.7 Å². The van der Waals surface area contributed by atoms with Crippen LogP contribution in [-0.2, 0) is 6.42 Å². The van der Waals surface area contributed by atoms with Crippen LogP contribution < -0.4 is 10.4 Å². The molecule has 4 rings (SSSR count). The zero-order valence-corrected chi connectivity index (χ0v) is 15.2. The average Bonchev–Trinajstić information content (AvgIpc) is 3.04. The highest BCUT2D eigenvalue weighted by molar-refractivity contribution is 5.75. The topological polar surface area (TPSA) is 61.1 Å². The second-order valence-corrected chi connectivity index (χ2v) is 7.25. The van der Waals surface area contributed by atoms with Gasteiger partial charge in [-0.15, -0.1) is 0 Å². The normalized spacial score (nSPS) is 16.0. The molecule has 0 spiro atoms. The number of hydrogen-bond donors (Lipinski definition) is 2. The van der Waals surface area contributed by atoms with Crippen molar-refractivity contribution in [2.75, 3.05) is 26.2 Å². The third-order valence-electron chi connectivity index (χ3n) is 5.31. The molecule has 0 unspecified atom stereocenters. The van der Waals surface area contributed by atoms with E-state index in [1.165, 1.54) is 5.56 Å². The highest BCUT2D eigenvalue weighted by atomic mass is 19.1. The minimum absolute atomic E-state index is 0.171. The number of benzene rings is 2. The van der Waals surface area contributed by atoms with E-state index < -0.39 is 0 Å². The summed E-state index contributed by atoms with van der Waals surface area (Å²) in [4.78, 5) is 19.2. The van der Waals surface area contributed by atoms with Crippen LogP contribution in [0, 0.1) is 11.7 Å². The molecule has 5 nitrogen and oxygen atoms in total. The Morgan fingerprint density at radius 1 is 1.04 bits per heavy atom. The Morgan fingerprint density at radius 3 is 2.56 bits per heavy atom. The van der Waals surface area contributed by atoms with Crippen LogP contribution in [0.1, 0.15) is 18.4 Å². The maximum absolute atomic E-state index is 13.0. The Balaban J connectivity index is 1.21. The zero-order chi connectivity index (χ0) is 18.6. The van der Waals surface area contributed by atoms with Crippen molar-refractivity contribution in [1.29, 1.82) is 0 Å². The fourth-order valence-electron chi connectivity index (χ4n) is 3.76. The molecular formula is C21H24FN3O2. The highest BCUT2D eigenvalue weighted by Gasteiger charge is 2.19. The molecule has 2 N–H and O–H groups in total. The monoisotopic (exact) mass is 369 g/mol. The summed E-state index contributed by atoms with van der Waals surface area (Å²) in [5.74, 6) is 1.26. The lowest BCUT2D eigenvalue weighted by atomic mass is 9.90. The Labute approximate surface area is 157 Å². The van der Waals surface area contributed by atoms with Crippen molar-refractivity contribution in [3.63, 3.8) is 0 Å². The first-order valence-corrected chi connectivity index (χ1v) is 9.47. The summed E-state index contributed by atoms with van der Waals surface area (Å²) in [6, 6.07) is 12.4. The van der Waals surface area contributed by atoms with Gasteiger partial charge in [-0.3, -0.25) is 4.90 Å². The lowest BCUT2D eigenvalue weighted by molar-refractivity contribution is 0.155. The molecular weight excluding hydrogens is 345 g/mol. The van der Waals surface area contributed by atoms with Crippen molar-refractivity contribution in [3.05, 3.63) is 64.3 Å². The van der Waals surface area contributed by atoms with E-state index in [1.54, 1.807) is 12.1 Å². The Bertz CT molecular complexity index is 940. The van der Waals surface area contributed by atoms with Crippen LogP contribution in [0.4, 0.5) is 4.39 Å². The maximum Gasteiger partial charge on any atom is 0.323 e. The molecule has 1 aliphatic rings. The second-order valence-electron chi connectivity index (χ2n) is 7.25. The lowest BCUT2D eigenvalue weighted by Gasteiger charge is -2.31. The van der Waals surface area contributed by atoms with Crippen molar-refractivity contribution in [2.45, 2.75) is 19.3 Å². The Kier molecular flexibility index (Phi) is 5.25. The predicted molar refractivity (Wildman–Crippen MR) is 104 cm³/mol. The minimum Gasteiger partial charge on any atom is -0.492 e. The highest BCUT2D eigenvalue weighted by Crippen LogP contribution is 2.22. The molecule has 142 valence electrons. The van der Waals surface area contributed by atoms with Gasteiger partial charge in [0.2, 0.25) is 0 Å². The van der Waals surface area contributed by atoms with Crippen LogP contribution in [-0.4, -0.2) is 41.1 Å². The first-order valence-electron chi connectivity index (χ1n) is 9.47. The van der Waals surface area contributed by atoms with Gasteiger partial charge in [0.1, 0.15) is 18.2 Å². The molecule has 1 saturated heterocycles. The molecule has 0 radical (unpaired) electrons. The van der Waals surface area contributed by atoms with Crippen LogP contribution in [0.3, 0.4) is 0 Å². The zero-order valence-electron chi connectivity index (χ0n) is 15.2. The summed E-state index contributed by atoms with van der Waals surface area (Å²) >= 11 is 0. The van der Waals surface area contributed by atoms with Gasteiger partial charge >= 0.3 is 5.69 Å². The van der Waals surface area contributed by atoms with Crippen LogP contribution in [0.15, 0.2) is 47.3 Å². The van der Waals surface area contributed by atoms with Gasteiger partial charge in [0.05, 0.1) is 11.0 Å². The van der Waals surface area contributed by atoms with E-state index in [0.717, 1.165) is 55.7 Å². The van der Waals surface area contributed by atoms with Gasteiger partial charge in [0.15, 0.2) is 0 Å².